The minimum atomic E-state index is 0.477. The first-order valence-corrected chi connectivity index (χ1v) is 4.84. The van der Waals surface area contributed by atoms with Gasteiger partial charge in [0, 0.05) is 5.56 Å². The molecule has 1 rings (SSSR count). The van der Waals surface area contributed by atoms with Crippen LogP contribution < -0.4 is 9.47 Å². The lowest BCUT2D eigenvalue weighted by atomic mass is 10.1. The van der Waals surface area contributed by atoms with Crippen molar-refractivity contribution in [3.8, 4) is 11.5 Å². The topological polar surface area (TPSA) is 18.5 Å². The first-order chi connectivity index (χ1) is 7.33. The zero-order valence-corrected chi connectivity index (χ0v) is 9.03. The molecule has 80 valence electrons. The van der Waals surface area contributed by atoms with Crippen LogP contribution in [-0.4, -0.2) is 13.7 Å². The highest BCUT2D eigenvalue weighted by molar-refractivity contribution is 5.47. The third-order valence-electron chi connectivity index (χ3n) is 1.99. The van der Waals surface area contributed by atoms with E-state index in [1.54, 1.807) is 13.2 Å². The highest BCUT2D eigenvalue weighted by Crippen LogP contribution is 2.31. The summed E-state index contributed by atoms with van der Waals surface area (Å²) in [5, 5.41) is 0. The average Bonchev–Trinajstić information content (AvgIpc) is 2.27. The molecule has 0 spiro atoms. The Morgan fingerprint density at radius 2 is 2.07 bits per heavy atom. The molecule has 0 aliphatic carbocycles. The number of methoxy groups -OCH3 is 1. The van der Waals surface area contributed by atoms with Gasteiger partial charge >= 0.3 is 0 Å². The van der Waals surface area contributed by atoms with Gasteiger partial charge in [-0.15, -0.1) is 6.58 Å². The lowest BCUT2D eigenvalue weighted by Crippen LogP contribution is -1.99. The summed E-state index contributed by atoms with van der Waals surface area (Å²) >= 11 is 0. The number of allylic oxidation sites excluding steroid dienone is 1. The van der Waals surface area contributed by atoms with Crippen LogP contribution in [0, 0.1) is 0 Å². The highest BCUT2D eigenvalue weighted by Gasteiger charge is 2.08. The Bertz CT molecular complexity index is 342. The summed E-state index contributed by atoms with van der Waals surface area (Å²) in [6.45, 7) is 7.81. The van der Waals surface area contributed by atoms with Gasteiger partial charge in [-0.1, -0.05) is 30.9 Å². The van der Waals surface area contributed by atoms with E-state index in [0.717, 1.165) is 23.5 Å². The number of para-hydroxylation sites is 1. The van der Waals surface area contributed by atoms with E-state index < -0.39 is 0 Å². The molecule has 2 heteroatoms. The Morgan fingerprint density at radius 3 is 2.67 bits per heavy atom. The molecule has 2 nitrogen and oxygen atoms in total. The van der Waals surface area contributed by atoms with Crippen LogP contribution in [0.25, 0.3) is 0 Å². The summed E-state index contributed by atoms with van der Waals surface area (Å²) in [6.07, 6.45) is 4.32. The monoisotopic (exact) mass is 204 g/mol. The summed E-state index contributed by atoms with van der Waals surface area (Å²) in [4.78, 5) is 0. The predicted molar refractivity (Wildman–Crippen MR) is 62.6 cm³/mol. The third kappa shape index (κ3) is 2.88. The first kappa shape index (κ1) is 11.4. The van der Waals surface area contributed by atoms with Crippen molar-refractivity contribution in [3.05, 3.63) is 49.1 Å². The van der Waals surface area contributed by atoms with Gasteiger partial charge in [0.25, 0.3) is 0 Å². The normalized spacial score (nSPS) is 9.40. The number of hydrogen-bond donors (Lipinski definition) is 0. The van der Waals surface area contributed by atoms with Crippen LogP contribution in [0.3, 0.4) is 0 Å². The van der Waals surface area contributed by atoms with Crippen molar-refractivity contribution in [1.29, 1.82) is 0 Å². The zero-order valence-electron chi connectivity index (χ0n) is 9.03. The second-order valence-corrected chi connectivity index (χ2v) is 3.04. The molecule has 0 saturated heterocycles. The van der Waals surface area contributed by atoms with Gasteiger partial charge in [0.05, 0.1) is 7.11 Å². The largest absolute Gasteiger partial charge is 0.493 e. The molecular formula is C13H16O2. The minimum absolute atomic E-state index is 0.477. The van der Waals surface area contributed by atoms with E-state index in [0.29, 0.717) is 6.61 Å². The van der Waals surface area contributed by atoms with Crippen molar-refractivity contribution in [2.75, 3.05) is 13.7 Å². The smallest absolute Gasteiger partial charge is 0.165 e. The maximum Gasteiger partial charge on any atom is 0.165 e. The van der Waals surface area contributed by atoms with Gasteiger partial charge in [0.1, 0.15) is 6.61 Å². The maximum atomic E-state index is 5.57. The molecule has 0 heterocycles. The van der Waals surface area contributed by atoms with Crippen molar-refractivity contribution < 1.29 is 9.47 Å². The molecule has 0 aliphatic heterocycles. The first-order valence-electron chi connectivity index (χ1n) is 4.84. The van der Waals surface area contributed by atoms with Crippen LogP contribution >= 0.6 is 0 Å². The molecule has 0 bridgehead atoms. The Labute approximate surface area is 90.8 Å². The molecule has 0 saturated carbocycles. The van der Waals surface area contributed by atoms with Crippen LogP contribution in [0.4, 0.5) is 0 Å². The van der Waals surface area contributed by atoms with E-state index in [1.165, 1.54) is 0 Å². The van der Waals surface area contributed by atoms with Gasteiger partial charge < -0.3 is 9.47 Å². The van der Waals surface area contributed by atoms with Crippen LogP contribution in [0.2, 0.25) is 0 Å². The van der Waals surface area contributed by atoms with Gasteiger partial charge in [-0.05, 0) is 12.5 Å². The lowest BCUT2D eigenvalue weighted by molar-refractivity contribution is 0.323. The van der Waals surface area contributed by atoms with Gasteiger partial charge in [-0.2, -0.15) is 0 Å². The molecule has 0 fully saturated rings. The third-order valence-corrected chi connectivity index (χ3v) is 1.99. The molecule has 0 amide bonds. The molecule has 0 aromatic heterocycles. The molecule has 0 unspecified atom stereocenters. The van der Waals surface area contributed by atoms with E-state index in [2.05, 4.69) is 13.2 Å². The van der Waals surface area contributed by atoms with Crippen molar-refractivity contribution in [2.24, 2.45) is 0 Å². The fourth-order valence-electron chi connectivity index (χ4n) is 1.34. The Hall–Kier alpha value is -1.70. The van der Waals surface area contributed by atoms with Crippen molar-refractivity contribution >= 4 is 0 Å². The SMILES string of the molecule is C=CCOc1c(CC=C)cccc1OC. The lowest BCUT2D eigenvalue weighted by Gasteiger charge is -2.12. The molecule has 0 radical (unpaired) electrons. The van der Waals surface area contributed by atoms with E-state index in [4.69, 9.17) is 9.47 Å². The van der Waals surface area contributed by atoms with E-state index in [-0.39, 0.29) is 0 Å². The summed E-state index contributed by atoms with van der Waals surface area (Å²) < 4.78 is 10.8. The molecule has 1 aromatic carbocycles. The van der Waals surface area contributed by atoms with Gasteiger partial charge in [-0.25, -0.2) is 0 Å². The fraction of sp³-hybridized carbons (Fsp3) is 0.231. The fourth-order valence-corrected chi connectivity index (χ4v) is 1.34. The van der Waals surface area contributed by atoms with Crippen molar-refractivity contribution in [2.45, 2.75) is 6.42 Å². The second kappa shape index (κ2) is 5.91. The van der Waals surface area contributed by atoms with Crippen molar-refractivity contribution in [3.63, 3.8) is 0 Å². The van der Waals surface area contributed by atoms with Gasteiger partial charge in [0.15, 0.2) is 11.5 Å². The van der Waals surface area contributed by atoms with E-state index >= 15 is 0 Å². The molecule has 0 atom stereocenters. The van der Waals surface area contributed by atoms with Gasteiger partial charge in [-0.3, -0.25) is 0 Å². The Kier molecular flexibility index (Phi) is 4.48. The quantitative estimate of drug-likeness (QED) is 0.663. The predicted octanol–water partition coefficient (Wildman–Crippen LogP) is 2.99. The summed E-state index contributed by atoms with van der Waals surface area (Å²) in [5.41, 5.74) is 1.08. The Balaban J connectivity index is 3.01. The minimum Gasteiger partial charge on any atom is -0.493 e. The second-order valence-electron chi connectivity index (χ2n) is 3.04. The molecule has 0 aliphatic rings. The van der Waals surface area contributed by atoms with Crippen LogP contribution in [0.1, 0.15) is 5.56 Å². The Morgan fingerprint density at radius 1 is 1.27 bits per heavy atom. The van der Waals surface area contributed by atoms with E-state index in [9.17, 15) is 0 Å². The number of ether oxygens (including phenoxy) is 2. The van der Waals surface area contributed by atoms with Crippen LogP contribution in [0.5, 0.6) is 11.5 Å². The number of hydrogen-bond acceptors (Lipinski definition) is 2. The summed E-state index contributed by atoms with van der Waals surface area (Å²) in [5.74, 6) is 1.52. The average molecular weight is 204 g/mol. The zero-order chi connectivity index (χ0) is 11.1. The number of rotatable bonds is 6. The number of benzene rings is 1. The molecule has 1 aromatic rings. The maximum absolute atomic E-state index is 5.57. The summed E-state index contributed by atoms with van der Waals surface area (Å²) in [7, 11) is 1.63. The standard InChI is InChI=1S/C13H16O2/c1-4-7-11-8-6-9-12(14-3)13(11)15-10-5-2/h4-6,8-9H,1-2,7,10H2,3H3. The van der Waals surface area contributed by atoms with Crippen LogP contribution in [-0.2, 0) is 6.42 Å². The van der Waals surface area contributed by atoms with E-state index in [1.807, 2.05) is 24.3 Å². The van der Waals surface area contributed by atoms with Gasteiger partial charge in [0.2, 0.25) is 0 Å². The molecule has 15 heavy (non-hydrogen) atoms. The molecular weight excluding hydrogens is 188 g/mol. The highest BCUT2D eigenvalue weighted by atomic mass is 16.5. The molecule has 0 N–H and O–H groups in total. The summed E-state index contributed by atoms with van der Waals surface area (Å²) in [6, 6.07) is 5.83. The van der Waals surface area contributed by atoms with Crippen molar-refractivity contribution in [1.82, 2.24) is 0 Å². The van der Waals surface area contributed by atoms with Crippen LogP contribution in [0.15, 0.2) is 43.5 Å².